The lowest BCUT2D eigenvalue weighted by molar-refractivity contribution is -0.122. The minimum absolute atomic E-state index is 0.240. The third-order valence-electron chi connectivity index (χ3n) is 5.53. The van der Waals surface area contributed by atoms with E-state index in [0.717, 1.165) is 17.7 Å². The Kier molecular flexibility index (Phi) is 5.36. The Labute approximate surface area is 171 Å². The molecule has 1 N–H and O–H groups in total. The molecule has 3 atom stereocenters. The molecule has 1 fully saturated rings. The number of ether oxygens (including phenoxy) is 1. The largest absolute Gasteiger partial charge is 0.480 e. The molecule has 0 aromatic heterocycles. The summed E-state index contributed by atoms with van der Waals surface area (Å²) in [6.45, 7) is 5.26. The number of nitrogens with one attached hydrogen (secondary N) is 1. The second-order valence-electron chi connectivity index (χ2n) is 8.20. The van der Waals surface area contributed by atoms with Gasteiger partial charge < -0.3 is 10.1 Å². The van der Waals surface area contributed by atoms with E-state index in [9.17, 15) is 13.2 Å². The fraction of sp³-hybridized carbons (Fsp3) is 0.409. The number of anilines is 1. The fourth-order valence-electron chi connectivity index (χ4n) is 4.21. The average Bonchev–Trinajstić information content (AvgIpc) is 3.12. The molecule has 0 bridgehead atoms. The second-order valence-corrected chi connectivity index (χ2v) is 10.1. The van der Waals surface area contributed by atoms with Gasteiger partial charge in [-0.15, -0.1) is 0 Å². The number of nitrogens with zero attached hydrogens (tertiary/aromatic N) is 1. The maximum absolute atomic E-state index is 13.0. The number of piperidine rings is 1. The van der Waals surface area contributed by atoms with Gasteiger partial charge in [-0.3, -0.25) is 4.79 Å². The quantitative estimate of drug-likeness (QED) is 0.833. The van der Waals surface area contributed by atoms with Crippen LogP contribution < -0.4 is 10.1 Å². The Hall–Kier alpha value is -2.38. The molecule has 7 heteroatoms. The van der Waals surface area contributed by atoms with Gasteiger partial charge in [0, 0.05) is 25.2 Å². The summed E-state index contributed by atoms with van der Waals surface area (Å²) >= 11 is 0. The Balaban J connectivity index is 1.42. The van der Waals surface area contributed by atoms with Crippen LogP contribution in [0.15, 0.2) is 53.4 Å². The van der Waals surface area contributed by atoms with Crippen molar-refractivity contribution in [3.05, 3.63) is 54.1 Å². The van der Waals surface area contributed by atoms with Gasteiger partial charge in [-0.05, 0) is 54.2 Å². The number of fused-ring (bicyclic) bond motifs is 1. The molecular formula is C22H26N2O4S. The number of amides is 1. The number of carbonyl (C=O) groups is 1. The summed E-state index contributed by atoms with van der Waals surface area (Å²) < 4.78 is 33.2. The molecule has 2 heterocycles. The predicted molar refractivity (Wildman–Crippen MR) is 111 cm³/mol. The molecule has 29 heavy (non-hydrogen) atoms. The average molecular weight is 415 g/mol. The van der Waals surface area contributed by atoms with E-state index in [1.54, 1.807) is 28.6 Å². The Morgan fingerprint density at radius 3 is 2.34 bits per heavy atom. The molecule has 1 saturated heterocycles. The van der Waals surface area contributed by atoms with Gasteiger partial charge in [-0.25, -0.2) is 8.42 Å². The van der Waals surface area contributed by atoms with Gasteiger partial charge in [-0.1, -0.05) is 32.0 Å². The van der Waals surface area contributed by atoms with Crippen LogP contribution in [0.2, 0.25) is 0 Å². The molecule has 2 aromatic carbocycles. The van der Waals surface area contributed by atoms with E-state index in [2.05, 4.69) is 19.2 Å². The minimum Gasteiger partial charge on any atom is -0.480 e. The van der Waals surface area contributed by atoms with E-state index < -0.39 is 16.1 Å². The number of benzene rings is 2. The van der Waals surface area contributed by atoms with Crippen molar-refractivity contribution in [3.8, 4) is 5.75 Å². The summed E-state index contributed by atoms with van der Waals surface area (Å²) in [7, 11) is -3.53. The van der Waals surface area contributed by atoms with E-state index in [-0.39, 0.29) is 10.8 Å². The van der Waals surface area contributed by atoms with Gasteiger partial charge in [0.05, 0.1) is 4.90 Å². The van der Waals surface area contributed by atoms with Crippen LogP contribution in [0.3, 0.4) is 0 Å². The van der Waals surface area contributed by atoms with Crippen LogP contribution in [0.25, 0.3) is 0 Å². The smallest absolute Gasteiger partial charge is 0.265 e. The van der Waals surface area contributed by atoms with Gasteiger partial charge >= 0.3 is 0 Å². The summed E-state index contributed by atoms with van der Waals surface area (Å²) in [6.07, 6.45) is 0.997. The van der Waals surface area contributed by atoms with Crippen molar-refractivity contribution in [2.24, 2.45) is 11.8 Å². The molecule has 2 aliphatic rings. The third-order valence-corrected chi connectivity index (χ3v) is 7.38. The molecule has 0 radical (unpaired) electrons. The van der Waals surface area contributed by atoms with Crippen LogP contribution in [0, 0.1) is 11.8 Å². The normalized spacial score (nSPS) is 24.6. The van der Waals surface area contributed by atoms with Crippen molar-refractivity contribution < 1.29 is 17.9 Å². The monoisotopic (exact) mass is 414 g/mol. The molecule has 154 valence electrons. The van der Waals surface area contributed by atoms with E-state index in [4.69, 9.17) is 4.74 Å². The maximum Gasteiger partial charge on any atom is 0.265 e. The summed E-state index contributed by atoms with van der Waals surface area (Å²) in [6, 6.07) is 14.0. The van der Waals surface area contributed by atoms with E-state index in [1.807, 2.05) is 24.3 Å². The first-order chi connectivity index (χ1) is 13.8. The number of sulfonamides is 1. The van der Waals surface area contributed by atoms with Gasteiger partial charge in [0.25, 0.3) is 5.91 Å². The number of para-hydroxylation sites is 1. The Bertz CT molecular complexity index is 969. The van der Waals surface area contributed by atoms with Crippen LogP contribution in [-0.2, 0) is 21.2 Å². The SMILES string of the molecule is C[C@@H]1C[C@H](C)CN(S(=O)(=O)c2ccc(NC(=O)[C@@H]3Cc4ccccc4O3)cc2)C1. The van der Waals surface area contributed by atoms with Crippen molar-refractivity contribution in [3.63, 3.8) is 0 Å². The molecule has 6 nitrogen and oxygen atoms in total. The van der Waals surface area contributed by atoms with Gasteiger partial charge in [-0.2, -0.15) is 4.31 Å². The van der Waals surface area contributed by atoms with Crippen LogP contribution in [0.5, 0.6) is 5.75 Å². The maximum atomic E-state index is 13.0. The van der Waals surface area contributed by atoms with Crippen LogP contribution >= 0.6 is 0 Å². The highest BCUT2D eigenvalue weighted by Gasteiger charge is 2.32. The highest BCUT2D eigenvalue weighted by Crippen LogP contribution is 2.29. The Morgan fingerprint density at radius 2 is 1.69 bits per heavy atom. The zero-order valence-electron chi connectivity index (χ0n) is 16.7. The second kappa shape index (κ2) is 7.80. The van der Waals surface area contributed by atoms with E-state index in [1.165, 1.54) is 0 Å². The van der Waals surface area contributed by atoms with Gasteiger partial charge in [0.1, 0.15) is 5.75 Å². The lowest BCUT2D eigenvalue weighted by Gasteiger charge is -2.34. The minimum atomic E-state index is -3.53. The number of hydrogen-bond donors (Lipinski definition) is 1. The van der Waals surface area contributed by atoms with Gasteiger partial charge in [0.15, 0.2) is 6.10 Å². The van der Waals surface area contributed by atoms with Crippen molar-refractivity contribution in [1.82, 2.24) is 4.31 Å². The first-order valence-corrected chi connectivity index (χ1v) is 11.4. The molecular weight excluding hydrogens is 388 g/mol. The summed E-state index contributed by atoms with van der Waals surface area (Å²) in [5, 5.41) is 2.82. The van der Waals surface area contributed by atoms with Gasteiger partial charge in [0.2, 0.25) is 10.0 Å². The highest BCUT2D eigenvalue weighted by atomic mass is 32.2. The molecule has 0 spiro atoms. The van der Waals surface area contributed by atoms with Crippen LogP contribution in [-0.4, -0.2) is 37.8 Å². The van der Waals surface area contributed by atoms with Crippen molar-refractivity contribution >= 4 is 21.6 Å². The topological polar surface area (TPSA) is 75.7 Å². The standard InChI is InChI=1S/C22H26N2O4S/c1-15-11-16(2)14-24(13-15)29(26,27)19-9-7-18(8-10-19)23-22(25)21-12-17-5-3-4-6-20(17)28-21/h3-10,15-16,21H,11-14H2,1-2H3,(H,23,25)/t15-,16+,21-/m0/s1. The first-order valence-electron chi connectivity index (χ1n) is 9.98. The lowest BCUT2D eigenvalue weighted by Crippen LogP contribution is -2.42. The zero-order chi connectivity index (χ0) is 20.6. The molecule has 1 amide bonds. The number of rotatable bonds is 4. The highest BCUT2D eigenvalue weighted by molar-refractivity contribution is 7.89. The predicted octanol–water partition coefficient (Wildman–Crippen LogP) is 3.30. The molecule has 0 saturated carbocycles. The van der Waals surface area contributed by atoms with Crippen molar-refractivity contribution in [1.29, 1.82) is 0 Å². The van der Waals surface area contributed by atoms with Crippen LogP contribution in [0.4, 0.5) is 5.69 Å². The first kappa shape index (κ1) is 19.9. The van der Waals surface area contributed by atoms with E-state index in [0.29, 0.717) is 37.0 Å². The summed E-state index contributed by atoms with van der Waals surface area (Å²) in [4.78, 5) is 12.8. The van der Waals surface area contributed by atoms with E-state index >= 15 is 0 Å². The molecule has 2 aliphatic heterocycles. The zero-order valence-corrected chi connectivity index (χ0v) is 17.5. The lowest BCUT2D eigenvalue weighted by atomic mass is 9.94. The summed E-state index contributed by atoms with van der Waals surface area (Å²) in [5.41, 5.74) is 1.56. The summed E-state index contributed by atoms with van der Waals surface area (Å²) in [5.74, 6) is 1.19. The van der Waals surface area contributed by atoms with Crippen LogP contribution in [0.1, 0.15) is 25.8 Å². The fourth-order valence-corrected chi connectivity index (χ4v) is 5.89. The van der Waals surface area contributed by atoms with Crippen molar-refractivity contribution in [2.45, 2.75) is 37.7 Å². The molecule has 0 unspecified atom stereocenters. The Morgan fingerprint density at radius 1 is 1.03 bits per heavy atom. The van der Waals surface area contributed by atoms with Crippen molar-refractivity contribution in [2.75, 3.05) is 18.4 Å². The third kappa shape index (κ3) is 4.16. The number of hydrogen-bond acceptors (Lipinski definition) is 4. The molecule has 0 aliphatic carbocycles. The molecule has 4 rings (SSSR count). The number of carbonyl (C=O) groups excluding carboxylic acids is 1. The molecule has 2 aromatic rings.